The summed E-state index contributed by atoms with van der Waals surface area (Å²) in [5, 5.41) is 2.00. The van der Waals surface area contributed by atoms with Gasteiger partial charge in [-0.25, -0.2) is 8.78 Å². The number of carbonyl (C=O) groups is 3. The summed E-state index contributed by atoms with van der Waals surface area (Å²) in [7, 11) is 0. The van der Waals surface area contributed by atoms with Crippen LogP contribution in [0.5, 0.6) is 5.75 Å². The zero-order valence-corrected chi connectivity index (χ0v) is 15.2. The number of benzene rings is 2. The van der Waals surface area contributed by atoms with Gasteiger partial charge in [-0.1, -0.05) is 6.07 Å². The molecule has 2 aromatic rings. The smallest absolute Gasteiger partial charge is 0.306 e. The van der Waals surface area contributed by atoms with Gasteiger partial charge in [-0.3, -0.25) is 14.4 Å². The lowest BCUT2D eigenvalue weighted by atomic mass is 10.1. The topological polar surface area (TPSA) is 81.7 Å². The van der Waals surface area contributed by atoms with Gasteiger partial charge >= 0.3 is 5.97 Å². The van der Waals surface area contributed by atoms with E-state index in [0.717, 1.165) is 18.2 Å². The molecule has 0 heterocycles. The zero-order chi connectivity index (χ0) is 20.5. The second-order valence-electron chi connectivity index (χ2n) is 5.69. The summed E-state index contributed by atoms with van der Waals surface area (Å²) in [6.45, 7) is 1.64. The number of hydrogen-bond acceptors (Lipinski definition) is 5. The predicted molar refractivity (Wildman–Crippen MR) is 97.1 cm³/mol. The highest BCUT2D eigenvalue weighted by atomic mass is 19.1. The van der Waals surface area contributed by atoms with E-state index in [1.165, 1.54) is 0 Å². The molecule has 0 radical (unpaired) electrons. The maximum absolute atomic E-state index is 13.4. The van der Waals surface area contributed by atoms with Crippen molar-refractivity contribution in [1.29, 1.82) is 0 Å². The van der Waals surface area contributed by atoms with Gasteiger partial charge in [0.2, 0.25) is 0 Å². The van der Waals surface area contributed by atoms with E-state index in [4.69, 9.17) is 9.47 Å². The summed E-state index contributed by atoms with van der Waals surface area (Å²) < 4.78 is 36.9. The highest BCUT2D eigenvalue weighted by molar-refractivity contribution is 5.98. The van der Waals surface area contributed by atoms with Crippen LogP contribution in [0.25, 0.3) is 0 Å². The number of halogens is 2. The first-order valence-electron chi connectivity index (χ1n) is 8.56. The molecule has 0 unspecified atom stereocenters. The lowest BCUT2D eigenvalue weighted by molar-refractivity contribution is -0.147. The average molecular weight is 391 g/mol. The first kappa shape index (κ1) is 21.0. The van der Waals surface area contributed by atoms with Crippen molar-refractivity contribution in [2.45, 2.75) is 19.8 Å². The van der Waals surface area contributed by atoms with Crippen LogP contribution in [0, 0.1) is 11.6 Å². The number of anilines is 1. The van der Waals surface area contributed by atoms with Crippen LogP contribution in [-0.4, -0.2) is 30.9 Å². The Kier molecular flexibility index (Phi) is 7.62. The van der Waals surface area contributed by atoms with E-state index in [1.54, 1.807) is 24.3 Å². The molecule has 148 valence electrons. The average Bonchev–Trinajstić information content (AvgIpc) is 2.68. The molecule has 0 aliphatic heterocycles. The van der Waals surface area contributed by atoms with Crippen molar-refractivity contribution in [3.63, 3.8) is 0 Å². The SMILES string of the molecule is CCOc1ccc(C(=O)CCC(=O)OCC(=O)Nc2c(F)cccc2F)cc1. The second-order valence-corrected chi connectivity index (χ2v) is 5.69. The molecule has 0 aliphatic carbocycles. The summed E-state index contributed by atoms with van der Waals surface area (Å²) in [6, 6.07) is 9.61. The van der Waals surface area contributed by atoms with Gasteiger partial charge in [0.15, 0.2) is 12.4 Å². The van der Waals surface area contributed by atoms with Gasteiger partial charge in [-0.05, 0) is 43.3 Å². The molecular formula is C20H19F2NO5. The normalized spacial score (nSPS) is 10.2. The van der Waals surface area contributed by atoms with Crippen LogP contribution >= 0.6 is 0 Å². The largest absolute Gasteiger partial charge is 0.494 e. The minimum absolute atomic E-state index is 0.101. The van der Waals surface area contributed by atoms with Gasteiger partial charge in [0, 0.05) is 12.0 Å². The Labute approximate surface area is 160 Å². The Morgan fingerprint density at radius 3 is 2.21 bits per heavy atom. The van der Waals surface area contributed by atoms with Crippen LogP contribution in [0.1, 0.15) is 30.1 Å². The number of ketones is 1. The standard InChI is InChI=1S/C20H19F2NO5/c1-2-27-14-8-6-13(7-9-14)17(24)10-11-19(26)28-12-18(25)23-20-15(21)4-3-5-16(20)22/h3-9H,2,10-12H2,1H3,(H,23,25). The van der Waals surface area contributed by atoms with Crippen molar-refractivity contribution >= 4 is 23.3 Å². The molecule has 0 spiro atoms. The minimum Gasteiger partial charge on any atom is -0.494 e. The van der Waals surface area contributed by atoms with E-state index >= 15 is 0 Å². The van der Waals surface area contributed by atoms with E-state index < -0.39 is 35.8 Å². The van der Waals surface area contributed by atoms with Crippen molar-refractivity contribution in [3.05, 3.63) is 59.7 Å². The Hall–Kier alpha value is -3.29. The van der Waals surface area contributed by atoms with Crippen molar-refractivity contribution < 1.29 is 32.6 Å². The Morgan fingerprint density at radius 1 is 0.964 bits per heavy atom. The van der Waals surface area contributed by atoms with E-state index in [0.29, 0.717) is 17.9 Å². The molecule has 0 bridgehead atoms. The third-order valence-corrected chi connectivity index (χ3v) is 3.63. The molecule has 0 saturated carbocycles. The molecular weight excluding hydrogens is 372 g/mol. The lowest BCUT2D eigenvalue weighted by Gasteiger charge is -2.08. The molecule has 6 nitrogen and oxygen atoms in total. The second kappa shape index (κ2) is 10.1. The van der Waals surface area contributed by atoms with Crippen molar-refractivity contribution in [2.24, 2.45) is 0 Å². The van der Waals surface area contributed by atoms with E-state index in [-0.39, 0.29) is 18.6 Å². The fourth-order valence-electron chi connectivity index (χ4n) is 2.27. The van der Waals surface area contributed by atoms with Gasteiger partial charge < -0.3 is 14.8 Å². The number of rotatable bonds is 9. The highest BCUT2D eigenvalue weighted by Crippen LogP contribution is 2.18. The fourth-order valence-corrected chi connectivity index (χ4v) is 2.27. The molecule has 0 saturated heterocycles. The number of esters is 1. The van der Waals surface area contributed by atoms with Crippen molar-refractivity contribution in [2.75, 3.05) is 18.5 Å². The number of para-hydroxylation sites is 1. The van der Waals surface area contributed by atoms with E-state index in [9.17, 15) is 23.2 Å². The summed E-state index contributed by atoms with van der Waals surface area (Å²) in [4.78, 5) is 35.4. The molecule has 2 aromatic carbocycles. The monoisotopic (exact) mass is 391 g/mol. The first-order valence-corrected chi connectivity index (χ1v) is 8.56. The van der Waals surface area contributed by atoms with Crippen LogP contribution in [-0.2, 0) is 14.3 Å². The van der Waals surface area contributed by atoms with Crippen molar-refractivity contribution in [1.82, 2.24) is 0 Å². The number of ether oxygens (including phenoxy) is 2. The Balaban J connectivity index is 1.76. The molecule has 8 heteroatoms. The molecule has 2 rings (SSSR count). The Bertz CT molecular complexity index is 832. The van der Waals surface area contributed by atoms with E-state index in [1.807, 2.05) is 12.2 Å². The maximum Gasteiger partial charge on any atom is 0.306 e. The lowest BCUT2D eigenvalue weighted by Crippen LogP contribution is -2.22. The van der Waals surface area contributed by atoms with Crippen LogP contribution in [0.15, 0.2) is 42.5 Å². The molecule has 1 N–H and O–H groups in total. The molecule has 0 aromatic heterocycles. The number of Topliss-reactive ketones (excluding diaryl/α,β-unsaturated/α-hetero) is 1. The number of amides is 1. The minimum atomic E-state index is -0.944. The molecule has 28 heavy (non-hydrogen) atoms. The molecule has 1 amide bonds. The van der Waals surface area contributed by atoms with Crippen LogP contribution in [0.3, 0.4) is 0 Å². The van der Waals surface area contributed by atoms with Gasteiger partial charge in [0.1, 0.15) is 23.1 Å². The van der Waals surface area contributed by atoms with Crippen LogP contribution in [0.2, 0.25) is 0 Å². The van der Waals surface area contributed by atoms with Gasteiger partial charge in [0.25, 0.3) is 5.91 Å². The highest BCUT2D eigenvalue weighted by Gasteiger charge is 2.15. The molecule has 0 aliphatic rings. The summed E-state index contributed by atoms with van der Waals surface area (Å²) in [5.41, 5.74) is -0.196. The van der Waals surface area contributed by atoms with Gasteiger partial charge in [0.05, 0.1) is 13.0 Å². The summed E-state index contributed by atoms with van der Waals surface area (Å²) in [5.74, 6) is -3.19. The number of nitrogens with one attached hydrogen (secondary N) is 1. The number of hydrogen-bond donors (Lipinski definition) is 1. The van der Waals surface area contributed by atoms with Crippen LogP contribution < -0.4 is 10.1 Å². The molecule has 0 atom stereocenters. The third-order valence-electron chi connectivity index (χ3n) is 3.63. The fraction of sp³-hybridized carbons (Fsp3) is 0.250. The van der Waals surface area contributed by atoms with Crippen molar-refractivity contribution in [3.8, 4) is 5.75 Å². The first-order chi connectivity index (χ1) is 13.4. The predicted octanol–water partition coefficient (Wildman–Crippen LogP) is 3.51. The quantitative estimate of drug-likeness (QED) is 0.523. The third kappa shape index (κ3) is 6.15. The summed E-state index contributed by atoms with van der Waals surface area (Å²) in [6.07, 6.45) is -0.330. The molecule has 0 fully saturated rings. The maximum atomic E-state index is 13.4. The van der Waals surface area contributed by atoms with Gasteiger partial charge in [-0.2, -0.15) is 0 Å². The number of carbonyl (C=O) groups excluding carboxylic acids is 3. The summed E-state index contributed by atoms with van der Waals surface area (Å²) >= 11 is 0. The van der Waals surface area contributed by atoms with Gasteiger partial charge in [-0.15, -0.1) is 0 Å². The van der Waals surface area contributed by atoms with E-state index in [2.05, 4.69) is 0 Å². The zero-order valence-electron chi connectivity index (χ0n) is 15.2. The Morgan fingerprint density at radius 2 is 1.61 bits per heavy atom. The van der Waals surface area contributed by atoms with Crippen LogP contribution in [0.4, 0.5) is 14.5 Å².